The average Bonchev–Trinajstić information content (AvgIpc) is 3.13. The van der Waals surface area contributed by atoms with Crippen molar-refractivity contribution in [1.29, 1.82) is 0 Å². The molecule has 8 heteroatoms. The Morgan fingerprint density at radius 3 is 2.80 bits per heavy atom. The molecule has 2 aliphatic rings. The lowest BCUT2D eigenvalue weighted by atomic mass is 10.0. The summed E-state index contributed by atoms with van der Waals surface area (Å²) in [6.07, 6.45) is 3.13. The molecule has 1 aromatic rings. The number of ether oxygens (including phenoxy) is 2. The van der Waals surface area contributed by atoms with Crippen LogP contribution in [0.1, 0.15) is 40.4 Å². The van der Waals surface area contributed by atoms with Crippen LogP contribution in [-0.2, 0) is 27.1 Å². The van der Waals surface area contributed by atoms with E-state index < -0.39 is 24.0 Å². The Kier molecular flexibility index (Phi) is 5.08. The van der Waals surface area contributed by atoms with Crippen LogP contribution < -0.4 is 10.6 Å². The van der Waals surface area contributed by atoms with Crippen molar-refractivity contribution in [3.8, 4) is 0 Å². The molecule has 134 valence electrons. The number of amides is 2. The highest BCUT2D eigenvalue weighted by molar-refractivity contribution is 7.14. The molecule has 0 radical (unpaired) electrons. The van der Waals surface area contributed by atoms with E-state index in [-0.39, 0.29) is 24.5 Å². The fraction of sp³-hybridized carbons (Fsp3) is 0.471. The number of hydrogen-bond donors (Lipinski definition) is 2. The summed E-state index contributed by atoms with van der Waals surface area (Å²) in [6, 6.07) is 0.910. The zero-order valence-corrected chi connectivity index (χ0v) is 15.0. The Morgan fingerprint density at radius 2 is 2.08 bits per heavy atom. The maximum absolute atomic E-state index is 12.3. The van der Waals surface area contributed by atoms with Gasteiger partial charge >= 0.3 is 18.0 Å². The molecule has 0 spiro atoms. The number of fused-ring (bicyclic) bond motifs is 1. The molecule has 0 saturated heterocycles. The molecule has 1 atom stereocenters. The molecule has 0 bridgehead atoms. The highest BCUT2D eigenvalue weighted by atomic mass is 32.1. The monoisotopic (exact) mass is 364 g/mol. The van der Waals surface area contributed by atoms with Crippen molar-refractivity contribution in [1.82, 2.24) is 10.6 Å². The van der Waals surface area contributed by atoms with E-state index in [4.69, 9.17) is 9.47 Å². The fourth-order valence-corrected chi connectivity index (χ4v) is 4.18. The van der Waals surface area contributed by atoms with Gasteiger partial charge in [0.25, 0.3) is 0 Å². The summed E-state index contributed by atoms with van der Waals surface area (Å²) in [6.45, 7) is 3.41. The Hall–Kier alpha value is -2.35. The van der Waals surface area contributed by atoms with E-state index in [2.05, 4.69) is 10.6 Å². The van der Waals surface area contributed by atoms with Crippen LogP contribution in [-0.4, -0.2) is 37.2 Å². The van der Waals surface area contributed by atoms with E-state index in [9.17, 15) is 14.4 Å². The van der Waals surface area contributed by atoms with Gasteiger partial charge in [-0.25, -0.2) is 14.4 Å². The van der Waals surface area contributed by atoms with Gasteiger partial charge in [-0.3, -0.25) is 0 Å². The predicted molar refractivity (Wildman–Crippen MR) is 91.4 cm³/mol. The van der Waals surface area contributed by atoms with Crippen molar-refractivity contribution in [2.24, 2.45) is 0 Å². The lowest BCUT2D eigenvalue weighted by Gasteiger charge is -2.26. The van der Waals surface area contributed by atoms with Gasteiger partial charge in [-0.1, -0.05) is 0 Å². The minimum atomic E-state index is -0.538. The molecule has 2 amide bonds. The Bertz CT molecular complexity index is 731. The van der Waals surface area contributed by atoms with Crippen LogP contribution in [0.4, 0.5) is 4.79 Å². The molecule has 0 unspecified atom stereocenters. The summed E-state index contributed by atoms with van der Waals surface area (Å²) in [5.74, 6) is -0.987. The molecular weight excluding hydrogens is 344 g/mol. The lowest BCUT2D eigenvalue weighted by Crippen LogP contribution is -2.50. The Morgan fingerprint density at radius 1 is 1.28 bits per heavy atom. The zero-order valence-electron chi connectivity index (χ0n) is 14.1. The van der Waals surface area contributed by atoms with Gasteiger partial charge in [-0.05, 0) is 44.7 Å². The minimum Gasteiger partial charge on any atom is -0.463 e. The lowest BCUT2D eigenvalue weighted by molar-refractivity contribution is -0.139. The van der Waals surface area contributed by atoms with E-state index >= 15 is 0 Å². The Balaban J connectivity index is 1.73. The number of carbonyl (C=O) groups is 3. The van der Waals surface area contributed by atoms with E-state index in [0.29, 0.717) is 4.88 Å². The van der Waals surface area contributed by atoms with E-state index in [1.54, 1.807) is 13.8 Å². The Labute approximate surface area is 149 Å². The average molecular weight is 364 g/mol. The quantitative estimate of drug-likeness (QED) is 0.779. The maximum Gasteiger partial charge on any atom is 0.348 e. The minimum absolute atomic E-state index is 0.187. The van der Waals surface area contributed by atoms with E-state index in [1.807, 2.05) is 6.07 Å². The third-order valence-corrected chi connectivity index (χ3v) is 5.38. The fourth-order valence-electron chi connectivity index (χ4n) is 3.03. The van der Waals surface area contributed by atoms with Gasteiger partial charge in [-0.2, -0.15) is 0 Å². The first kappa shape index (κ1) is 17.5. The van der Waals surface area contributed by atoms with Crippen LogP contribution in [0.15, 0.2) is 17.3 Å². The molecular formula is C17H20N2O5S. The summed E-state index contributed by atoms with van der Waals surface area (Å²) in [4.78, 5) is 37.9. The standard InChI is InChI=1S/C17H20N2O5S/c1-3-23-16(21)14-9(2)18-17(22)19-11(14)8-24-15(20)13-7-10-5-4-6-12(10)25-13/h7,9H,3-6,8H2,1-2H3,(H2,18,19,22)/t9-/m0/s1. The summed E-state index contributed by atoms with van der Waals surface area (Å²) in [5.41, 5.74) is 1.74. The van der Waals surface area contributed by atoms with Crippen molar-refractivity contribution < 1.29 is 23.9 Å². The molecule has 25 heavy (non-hydrogen) atoms. The summed E-state index contributed by atoms with van der Waals surface area (Å²) < 4.78 is 10.3. The predicted octanol–water partition coefficient (Wildman–Crippen LogP) is 1.91. The highest BCUT2D eigenvalue weighted by Gasteiger charge is 2.30. The number of urea groups is 1. The topological polar surface area (TPSA) is 93.7 Å². The number of hydrogen-bond acceptors (Lipinski definition) is 6. The third-order valence-electron chi connectivity index (χ3n) is 4.16. The van der Waals surface area contributed by atoms with Gasteiger partial charge in [0, 0.05) is 4.88 Å². The molecule has 2 N–H and O–H groups in total. The highest BCUT2D eigenvalue weighted by Crippen LogP contribution is 2.31. The van der Waals surface area contributed by atoms with Gasteiger partial charge < -0.3 is 20.1 Å². The van der Waals surface area contributed by atoms with Crippen LogP contribution in [0.5, 0.6) is 0 Å². The van der Waals surface area contributed by atoms with Crippen molar-refractivity contribution in [2.75, 3.05) is 13.2 Å². The molecule has 7 nitrogen and oxygen atoms in total. The van der Waals surface area contributed by atoms with E-state index in [1.165, 1.54) is 21.8 Å². The second-order valence-electron chi connectivity index (χ2n) is 5.92. The molecule has 0 fully saturated rings. The van der Waals surface area contributed by atoms with Crippen LogP contribution in [0.25, 0.3) is 0 Å². The summed E-state index contributed by atoms with van der Waals surface area (Å²) >= 11 is 1.45. The van der Waals surface area contributed by atoms with E-state index in [0.717, 1.165) is 19.3 Å². The largest absolute Gasteiger partial charge is 0.463 e. The SMILES string of the molecule is CCOC(=O)C1=C(COC(=O)c2cc3c(s2)CCC3)NC(=O)N[C@H]1C. The zero-order chi connectivity index (χ0) is 18.0. The molecule has 3 rings (SSSR count). The molecule has 1 aromatic heterocycles. The first-order valence-electron chi connectivity index (χ1n) is 8.26. The summed E-state index contributed by atoms with van der Waals surface area (Å²) in [7, 11) is 0. The number of nitrogens with one attached hydrogen (secondary N) is 2. The second-order valence-corrected chi connectivity index (χ2v) is 7.06. The van der Waals surface area contributed by atoms with Gasteiger partial charge in [-0.15, -0.1) is 11.3 Å². The summed E-state index contributed by atoms with van der Waals surface area (Å²) in [5, 5.41) is 5.13. The number of rotatable bonds is 5. The van der Waals surface area contributed by atoms with Crippen molar-refractivity contribution >= 4 is 29.3 Å². The normalized spacial score (nSPS) is 19.1. The number of esters is 2. The van der Waals surface area contributed by atoms with Gasteiger partial charge in [0.1, 0.15) is 11.5 Å². The van der Waals surface area contributed by atoms with Crippen LogP contribution >= 0.6 is 11.3 Å². The van der Waals surface area contributed by atoms with Crippen molar-refractivity contribution in [2.45, 2.75) is 39.2 Å². The third kappa shape index (κ3) is 3.68. The van der Waals surface area contributed by atoms with Gasteiger partial charge in [0.15, 0.2) is 0 Å². The van der Waals surface area contributed by atoms with Crippen LogP contribution in [0, 0.1) is 0 Å². The number of aryl methyl sites for hydroxylation is 2. The number of thiophene rings is 1. The molecule has 0 aromatic carbocycles. The smallest absolute Gasteiger partial charge is 0.348 e. The van der Waals surface area contributed by atoms with Crippen LogP contribution in [0.2, 0.25) is 0 Å². The van der Waals surface area contributed by atoms with Crippen LogP contribution in [0.3, 0.4) is 0 Å². The van der Waals surface area contributed by atoms with Crippen molar-refractivity contribution in [3.63, 3.8) is 0 Å². The maximum atomic E-state index is 12.3. The molecule has 2 heterocycles. The second kappa shape index (κ2) is 7.26. The molecule has 1 aliphatic heterocycles. The van der Waals surface area contributed by atoms with Gasteiger partial charge in [0.2, 0.25) is 0 Å². The first-order valence-corrected chi connectivity index (χ1v) is 9.07. The van der Waals surface area contributed by atoms with Gasteiger partial charge in [0.05, 0.1) is 23.9 Å². The van der Waals surface area contributed by atoms with Crippen molar-refractivity contribution in [3.05, 3.63) is 32.7 Å². The molecule has 0 saturated carbocycles. The molecule has 1 aliphatic carbocycles. The first-order chi connectivity index (χ1) is 12.0. The number of carbonyl (C=O) groups excluding carboxylic acids is 3.